The second kappa shape index (κ2) is 5.28. The summed E-state index contributed by atoms with van der Waals surface area (Å²) in [6, 6.07) is 12.9. The summed E-state index contributed by atoms with van der Waals surface area (Å²) in [4.78, 5) is 32.5. The number of amides is 1. The topological polar surface area (TPSA) is 113 Å². The zero-order chi connectivity index (χ0) is 16.8. The molecule has 5 N–H and O–H groups in total. The van der Waals surface area contributed by atoms with Gasteiger partial charge >= 0.3 is 7.60 Å². The van der Waals surface area contributed by atoms with Gasteiger partial charge in [-0.3, -0.25) is 9.36 Å². The highest BCUT2D eigenvalue weighted by molar-refractivity contribution is 7.53. The van der Waals surface area contributed by atoms with Crippen LogP contribution in [0, 0.1) is 0 Å². The Morgan fingerprint density at radius 1 is 1.09 bits per heavy atom. The van der Waals surface area contributed by atoms with Crippen molar-refractivity contribution < 1.29 is 19.1 Å². The van der Waals surface area contributed by atoms with Crippen LogP contribution in [0.2, 0.25) is 0 Å². The second-order valence-electron chi connectivity index (χ2n) is 5.62. The summed E-state index contributed by atoms with van der Waals surface area (Å²) in [6.45, 7) is 1.47. The van der Waals surface area contributed by atoms with Crippen LogP contribution in [-0.4, -0.2) is 21.7 Å². The monoisotopic (exact) mass is 332 g/mol. The lowest BCUT2D eigenvalue weighted by Gasteiger charge is -2.34. The van der Waals surface area contributed by atoms with E-state index in [4.69, 9.17) is 5.73 Å². The maximum absolute atomic E-state index is 12.5. The van der Waals surface area contributed by atoms with Gasteiger partial charge in [0, 0.05) is 11.1 Å². The summed E-state index contributed by atoms with van der Waals surface area (Å²) in [7, 11) is -4.79. The van der Waals surface area contributed by atoms with Crippen molar-refractivity contribution in [1.82, 2.24) is 5.32 Å². The van der Waals surface area contributed by atoms with Crippen LogP contribution in [0.4, 0.5) is 0 Å². The van der Waals surface area contributed by atoms with Crippen LogP contribution in [0.1, 0.15) is 18.1 Å². The second-order valence-corrected chi connectivity index (χ2v) is 7.38. The maximum Gasteiger partial charge on any atom is 0.360 e. The van der Waals surface area contributed by atoms with Crippen LogP contribution in [0.3, 0.4) is 0 Å². The fourth-order valence-electron chi connectivity index (χ4n) is 3.03. The minimum absolute atomic E-state index is 0.378. The molecule has 120 valence electrons. The first-order valence-electron chi connectivity index (χ1n) is 7.11. The van der Waals surface area contributed by atoms with Gasteiger partial charge in [-0.25, -0.2) is 0 Å². The Balaban J connectivity index is 2.35. The Morgan fingerprint density at radius 3 is 1.91 bits per heavy atom. The Kier molecular flexibility index (Phi) is 3.65. The minimum Gasteiger partial charge on any atom is -0.331 e. The molecule has 2 aromatic carbocycles. The lowest BCUT2D eigenvalue weighted by Crippen LogP contribution is -2.50. The van der Waals surface area contributed by atoms with E-state index in [1.165, 1.54) is 6.92 Å². The van der Waals surface area contributed by atoms with E-state index >= 15 is 0 Å². The summed E-state index contributed by atoms with van der Waals surface area (Å²) >= 11 is 0. The molecular weight excluding hydrogens is 315 g/mol. The Labute approximate surface area is 133 Å². The molecule has 0 bridgehead atoms. The molecule has 2 aromatic rings. The zero-order valence-corrected chi connectivity index (χ0v) is 13.3. The van der Waals surface area contributed by atoms with Crippen LogP contribution in [0.15, 0.2) is 48.5 Å². The fourth-order valence-corrected chi connectivity index (χ4v) is 4.30. The number of nitrogens with two attached hydrogens (primary N) is 1. The summed E-state index contributed by atoms with van der Waals surface area (Å²) in [5, 5.41) is 0.605. The summed E-state index contributed by atoms with van der Waals surface area (Å²) in [6.07, 6.45) is 0. The largest absolute Gasteiger partial charge is 0.360 e. The molecule has 0 aromatic heterocycles. The number of hydrogen-bond acceptors (Lipinski definition) is 3. The molecule has 0 fully saturated rings. The highest BCUT2D eigenvalue weighted by Gasteiger charge is 2.56. The minimum atomic E-state index is -4.79. The van der Waals surface area contributed by atoms with Crippen molar-refractivity contribution in [2.24, 2.45) is 5.73 Å². The maximum atomic E-state index is 12.5. The number of fused-ring (bicyclic) bond motifs is 3. The fraction of sp³-hybridized carbons (Fsp3) is 0.188. The Bertz CT molecular complexity index is 783. The molecule has 3 rings (SSSR count). The van der Waals surface area contributed by atoms with Crippen molar-refractivity contribution in [2.75, 3.05) is 0 Å². The van der Waals surface area contributed by atoms with Gasteiger partial charge in [0.25, 0.3) is 0 Å². The first-order chi connectivity index (χ1) is 10.8. The molecule has 0 aliphatic heterocycles. The molecule has 0 heterocycles. The molecule has 0 radical (unpaired) electrons. The van der Waals surface area contributed by atoms with E-state index in [1.54, 1.807) is 48.5 Å². The smallest absolute Gasteiger partial charge is 0.331 e. The van der Waals surface area contributed by atoms with Gasteiger partial charge in [0.15, 0.2) is 5.28 Å². The van der Waals surface area contributed by atoms with Gasteiger partial charge in [0.1, 0.15) is 0 Å². The SMILES string of the molecule is C[C@H](N)C(=O)NC1(P(=O)(O)O)c2ccccc2-c2ccccc21. The number of carbonyl (C=O) groups is 1. The molecule has 0 unspecified atom stereocenters. The quantitative estimate of drug-likeness (QED) is 0.637. The lowest BCUT2D eigenvalue weighted by molar-refractivity contribution is -0.123. The van der Waals surface area contributed by atoms with Gasteiger partial charge in [-0.15, -0.1) is 0 Å². The van der Waals surface area contributed by atoms with Gasteiger partial charge < -0.3 is 20.8 Å². The number of carbonyl (C=O) groups excluding carboxylic acids is 1. The molecular formula is C16H17N2O4P. The van der Waals surface area contributed by atoms with E-state index in [1.807, 2.05) is 0 Å². The molecule has 7 heteroatoms. The third kappa shape index (κ3) is 2.23. The average Bonchev–Trinajstić information content (AvgIpc) is 2.79. The van der Waals surface area contributed by atoms with Gasteiger partial charge in [0.05, 0.1) is 6.04 Å². The van der Waals surface area contributed by atoms with Gasteiger partial charge in [-0.05, 0) is 18.1 Å². The summed E-state index contributed by atoms with van der Waals surface area (Å²) in [5.41, 5.74) is 7.73. The number of hydrogen-bond donors (Lipinski definition) is 4. The van der Waals surface area contributed by atoms with Crippen molar-refractivity contribution in [3.63, 3.8) is 0 Å². The van der Waals surface area contributed by atoms with Crippen molar-refractivity contribution in [1.29, 1.82) is 0 Å². The van der Waals surface area contributed by atoms with E-state index in [9.17, 15) is 19.1 Å². The highest BCUT2D eigenvalue weighted by Crippen LogP contribution is 2.65. The molecule has 1 amide bonds. The number of rotatable bonds is 3. The van der Waals surface area contributed by atoms with Crippen molar-refractivity contribution in [2.45, 2.75) is 18.2 Å². The standard InChI is InChI=1S/C16H17N2O4P/c1-10(17)15(19)18-16(23(20,21)22)13-8-4-2-6-11(13)12-7-3-5-9-14(12)16/h2-10H,17H2,1H3,(H,18,19)(H2,20,21,22)/t10-/m0/s1. The van der Waals surface area contributed by atoms with E-state index in [2.05, 4.69) is 5.32 Å². The van der Waals surface area contributed by atoms with Crippen molar-refractivity contribution in [3.8, 4) is 11.1 Å². The predicted molar refractivity (Wildman–Crippen MR) is 86.5 cm³/mol. The molecule has 0 saturated carbocycles. The van der Waals surface area contributed by atoms with E-state index in [-0.39, 0.29) is 0 Å². The molecule has 0 spiro atoms. The van der Waals surface area contributed by atoms with Crippen LogP contribution in [-0.2, 0) is 14.6 Å². The zero-order valence-electron chi connectivity index (χ0n) is 12.4. The van der Waals surface area contributed by atoms with Crippen molar-refractivity contribution >= 4 is 13.5 Å². The number of benzene rings is 2. The van der Waals surface area contributed by atoms with E-state index in [0.717, 1.165) is 0 Å². The molecule has 1 atom stereocenters. The van der Waals surface area contributed by atoms with Crippen LogP contribution >= 0.6 is 7.60 Å². The van der Waals surface area contributed by atoms with E-state index in [0.29, 0.717) is 22.3 Å². The van der Waals surface area contributed by atoms with Crippen LogP contribution < -0.4 is 11.1 Å². The normalized spacial score (nSPS) is 16.3. The lowest BCUT2D eigenvalue weighted by atomic mass is 10.0. The summed E-state index contributed by atoms with van der Waals surface area (Å²) < 4.78 is 12.5. The van der Waals surface area contributed by atoms with Crippen LogP contribution in [0.25, 0.3) is 11.1 Å². The predicted octanol–water partition coefficient (Wildman–Crippen LogP) is 1.51. The Morgan fingerprint density at radius 2 is 1.52 bits per heavy atom. The molecule has 1 aliphatic carbocycles. The van der Waals surface area contributed by atoms with E-state index < -0.39 is 24.8 Å². The van der Waals surface area contributed by atoms with Gasteiger partial charge in [-0.2, -0.15) is 0 Å². The van der Waals surface area contributed by atoms with Crippen LogP contribution in [0.5, 0.6) is 0 Å². The third-order valence-corrected chi connectivity index (χ3v) is 5.55. The average molecular weight is 332 g/mol. The number of nitrogens with one attached hydrogen (secondary N) is 1. The first kappa shape index (κ1) is 15.9. The van der Waals surface area contributed by atoms with Gasteiger partial charge in [0.2, 0.25) is 5.91 Å². The summed E-state index contributed by atoms with van der Waals surface area (Å²) in [5.74, 6) is -0.625. The molecule has 6 nitrogen and oxygen atoms in total. The van der Waals surface area contributed by atoms with Crippen molar-refractivity contribution in [3.05, 3.63) is 59.7 Å². The molecule has 0 saturated heterocycles. The molecule has 1 aliphatic rings. The first-order valence-corrected chi connectivity index (χ1v) is 8.73. The Hall–Kier alpha value is -1.98. The third-order valence-electron chi connectivity index (χ3n) is 4.08. The molecule has 23 heavy (non-hydrogen) atoms. The highest BCUT2D eigenvalue weighted by atomic mass is 31.2. The van der Waals surface area contributed by atoms with Gasteiger partial charge in [-0.1, -0.05) is 48.5 Å².